The fraction of sp³-hybridized carbons (Fsp3) is 0.125. The van der Waals surface area contributed by atoms with Gasteiger partial charge >= 0.3 is 0 Å². The number of para-hydroxylation sites is 1. The van der Waals surface area contributed by atoms with Crippen molar-refractivity contribution >= 4 is 23.6 Å². The average molecular weight is 475 g/mol. The third-order valence-electron chi connectivity index (χ3n) is 4.78. The standard InChI is InChI=1S/C24H22N6O3S/c1-33-20-9-7-17(8-10-20)15-21(31)26-27-22(32)16-34-24-29-28-23(18-11-13-25-14-12-18)30(24)19-5-3-2-4-6-19/h2-14H,15-16H2,1H3,(H,26,31)(H,27,32). The molecule has 2 aromatic carbocycles. The zero-order chi connectivity index (χ0) is 23.8. The Bertz CT molecular complexity index is 1250. The molecule has 9 nitrogen and oxygen atoms in total. The Hall–Kier alpha value is -4.18. The zero-order valence-electron chi connectivity index (χ0n) is 18.3. The van der Waals surface area contributed by atoms with Crippen molar-refractivity contribution < 1.29 is 14.3 Å². The maximum Gasteiger partial charge on any atom is 0.248 e. The third kappa shape index (κ3) is 5.78. The first-order chi connectivity index (χ1) is 16.6. The smallest absolute Gasteiger partial charge is 0.248 e. The van der Waals surface area contributed by atoms with Crippen molar-refractivity contribution in [2.24, 2.45) is 0 Å². The van der Waals surface area contributed by atoms with Gasteiger partial charge in [-0.3, -0.25) is 30.0 Å². The SMILES string of the molecule is COc1ccc(CC(=O)NNC(=O)CSc2nnc(-c3ccncc3)n2-c2ccccc2)cc1. The van der Waals surface area contributed by atoms with Crippen LogP contribution in [0.4, 0.5) is 0 Å². The monoisotopic (exact) mass is 474 g/mol. The molecule has 34 heavy (non-hydrogen) atoms. The molecule has 0 radical (unpaired) electrons. The normalized spacial score (nSPS) is 10.5. The van der Waals surface area contributed by atoms with E-state index in [1.165, 1.54) is 11.8 Å². The summed E-state index contributed by atoms with van der Waals surface area (Å²) in [5.74, 6) is 0.718. The molecule has 0 unspecified atom stereocenters. The van der Waals surface area contributed by atoms with Gasteiger partial charge in [0.05, 0.1) is 19.3 Å². The first-order valence-electron chi connectivity index (χ1n) is 10.4. The summed E-state index contributed by atoms with van der Waals surface area (Å²) in [4.78, 5) is 28.6. The van der Waals surface area contributed by atoms with Crippen molar-refractivity contribution in [3.05, 3.63) is 84.7 Å². The average Bonchev–Trinajstić information content (AvgIpc) is 3.32. The van der Waals surface area contributed by atoms with Crippen molar-refractivity contribution in [2.45, 2.75) is 11.6 Å². The predicted octanol–water partition coefficient (Wildman–Crippen LogP) is 2.82. The van der Waals surface area contributed by atoms with E-state index >= 15 is 0 Å². The maximum absolute atomic E-state index is 12.4. The van der Waals surface area contributed by atoms with E-state index in [2.05, 4.69) is 26.0 Å². The summed E-state index contributed by atoms with van der Waals surface area (Å²) < 4.78 is 6.99. The molecule has 4 aromatic rings. The number of rotatable bonds is 8. The number of pyridine rings is 1. The second kappa shape index (κ2) is 11.1. The van der Waals surface area contributed by atoms with E-state index < -0.39 is 0 Å². The van der Waals surface area contributed by atoms with Crippen LogP contribution in [-0.4, -0.2) is 44.4 Å². The van der Waals surface area contributed by atoms with Crippen LogP contribution in [0.15, 0.2) is 84.3 Å². The number of thioether (sulfide) groups is 1. The maximum atomic E-state index is 12.4. The summed E-state index contributed by atoms with van der Waals surface area (Å²) in [6, 6.07) is 20.5. The Labute approximate surface area is 200 Å². The fourth-order valence-electron chi connectivity index (χ4n) is 3.14. The van der Waals surface area contributed by atoms with Gasteiger partial charge in [-0.1, -0.05) is 42.1 Å². The molecule has 4 rings (SSSR count). The van der Waals surface area contributed by atoms with Gasteiger partial charge in [0, 0.05) is 23.6 Å². The molecule has 10 heteroatoms. The van der Waals surface area contributed by atoms with E-state index in [1.54, 1.807) is 43.8 Å². The summed E-state index contributed by atoms with van der Waals surface area (Å²) >= 11 is 1.22. The lowest BCUT2D eigenvalue weighted by molar-refractivity contribution is -0.127. The number of hydrazine groups is 1. The summed E-state index contributed by atoms with van der Waals surface area (Å²) in [5, 5.41) is 9.17. The van der Waals surface area contributed by atoms with E-state index in [-0.39, 0.29) is 24.0 Å². The van der Waals surface area contributed by atoms with Crippen LogP contribution < -0.4 is 15.6 Å². The molecule has 0 atom stereocenters. The van der Waals surface area contributed by atoms with Crippen molar-refractivity contribution in [2.75, 3.05) is 12.9 Å². The molecule has 2 N–H and O–H groups in total. The Balaban J connectivity index is 1.38. The number of nitrogens with one attached hydrogen (secondary N) is 2. The highest BCUT2D eigenvalue weighted by Gasteiger charge is 2.17. The molecule has 0 aliphatic rings. The number of carbonyl (C=O) groups is 2. The van der Waals surface area contributed by atoms with Crippen LogP contribution in [0.2, 0.25) is 0 Å². The molecule has 2 amide bonds. The number of nitrogens with zero attached hydrogens (tertiary/aromatic N) is 4. The van der Waals surface area contributed by atoms with Crippen LogP contribution in [0.1, 0.15) is 5.56 Å². The Morgan fingerprint density at radius 3 is 2.32 bits per heavy atom. The van der Waals surface area contributed by atoms with E-state index in [0.717, 1.165) is 16.8 Å². The minimum atomic E-state index is -0.360. The summed E-state index contributed by atoms with van der Waals surface area (Å²) in [7, 11) is 1.58. The second-order valence-corrected chi connectivity index (χ2v) is 8.07. The number of aromatic nitrogens is 4. The van der Waals surface area contributed by atoms with Crippen LogP contribution in [0.3, 0.4) is 0 Å². The molecule has 0 saturated heterocycles. The van der Waals surface area contributed by atoms with E-state index in [0.29, 0.717) is 16.7 Å². The molecular weight excluding hydrogens is 452 g/mol. The minimum absolute atomic E-state index is 0.0458. The molecule has 0 spiro atoms. The highest BCUT2D eigenvalue weighted by Crippen LogP contribution is 2.27. The van der Waals surface area contributed by atoms with E-state index in [4.69, 9.17) is 4.74 Å². The van der Waals surface area contributed by atoms with Crippen molar-refractivity contribution in [3.8, 4) is 22.8 Å². The first-order valence-corrected chi connectivity index (χ1v) is 11.4. The van der Waals surface area contributed by atoms with Gasteiger partial charge in [0.15, 0.2) is 11.0 Å². The minimum Gasteiger partial charge on any atom is -0.497 e. The molecule has 0 bridgehead atoms. The number of hydrogen-bond donors (Lipinski definition) is 2. The van der Waals surface area contributed by atoms with Crippen LogP contribution in [0.5, 0.6) is 5.75 Å². The van der Waals surface area contributed by atoms with Gasteiger partial charge < -0.3 is 4.74 Å². The van der Waals surface area contributed by atoms with Crippen molar-refractivity contribution in [1.29, 1.82) is 0 Å². The van der Waals surface area contributed by atoms with Crippen LogP contribution in [-0.2, 0) is 16.0 Å². The van der Waals surface area contributed by atoms with Gasteiger partial charge in [-0.2, -0.15) is 0 Å². The number of amides is 2. The number of ether oxygens (including phenoxy) is 1. The number of carbonyl (C=O) groups excluding carboxylic acids is 2. The highest BCUT2D eigenvalue weighted by atomic mass is 32.2. The largest absolute Gasteiger partial charge is 0.497 e. The summed E-state index contributed by atoms with van der Waals surface area (Å²) in [6.07, 6.45) is 3.51. The molecule has 172 valence electrons. The van der Waals surface area contributed by atoms with Crippen LogP contribution in [0, 0.1) is 0 Å². The summed E-state index contributed by atoms with van der Waals surface area (Å²) in [6.45, 7) is 0. The molecule has 0 aliphatic heterocycles. The lowest BCUT2D eigenvalue weighted by Gasteiger charge is -2.11. The van der Waals surface area contributed by atoms with Gasteiger partial charge in [0.2, 0.25) is 11.8 Å². The van der Waals surface area contributed by atoms with Gasteiger partial charge in [-0.25, -0.2) is 0 Å². The highest BCUT2D eigenvalue weighted by molar-refractivity contribution is 7.99. The predicted molar refractivity (Wildman–Crippen MR) is 128 cm³/mol. The molecule has 0 fully saturated rings. The topological polar surface area (TPSA) is 111 Å². The second-order valence-electron chi connectivity index (χ2n) is 7.12. The quantitative estimate of drug-likeness (QED) is 0.298. The van der Waals surface area contributed by atoms with Crippen LogP contribution in [0.25, 0.3) is 17.1 Å². The van der Waals surface area contributed by atoms with E-state index in [1.807, 2.05) is 47.0 Å². The van der Waals surface area contributed by atoms with Crippen LogP contribution >= 0.6 is 11.8 Å². The van der Waals surface area contributed by atoms with Gasteiger partial charge in [0.25, 0.3) is 0 Å². The lowest BCUT2D eigenvalue weighted by atomic mass is 10.1. The zero-order valence-corrected chi connectivity index (χ0v) is 19.2. The molecule has 2 aromatic heterocycles. The fourth-order valence-corrected chi connectivity index (χ4v) is 3.89. The Kier molecular flexibility index (Phi) is 7.51. The van der Waals surface area contributed by atoms with Gasteiger partial charge in [-0.05, 0) is 42.0 Å². The number of methoxy groups -OCH3 is 1. The van der Waals surface area contributed by atoms with Crippen molar-refractivity contribution in [3.63, 3.8) is 0 Å². The first kappa shape index (κ1) is 23.0. The summed E-state index contributed by atoms with van der Waals surface area (Å²) in [5.41, 5.74) is 7.42. The molecule has 0 aliphatic carbocycles. The van der Waals surface area contributed by atoms with Gasteiger partial charge in [-0.15, -0.1) is 10.2 Å². The molecule has 2 heterocycles. The number of hydrogen-bond acceptors (Lipinski definition) is 7. The lowest BCUT2D eigenvalue weighted by Crippen LogP contribution is -2.43. The van der Waals surface area contributed by atoms with Gasteiger partial charge in [0.1, 0.15) is 5.75 Å². The Morgan fingerprint density at radius 1 is 0.912 bits per heavy atom. The van der Waals surface area contributed by atoms with E-state index in [9.17, 15) is 9.59 Å². The number of benzene rings is 2. The Morgan fingerprint density at radius 2 is 1.62 bits per heavy atom. The molecular formula is C24H22N6O3S. The third-order valence-corrected chi connectivity index (χ3v) is 5.71. The van der Waals surface area contributed by atoms with Crippen molar-refractivity contribution in [1.82, 2.24) is 30.6 Å². The molecule has 0 saturated carbocycles.